The van der Waals surface area contributed by atoms with Gasteiger partial charge < -0.3 is 14.0 Å². The number of carbonyl (C=O) groups is 2. The van der Waals surface area contributed by atoms with Crippen LogP contribution in [0.5, 0.6) is 11.5 Å². The number of carbonyl (C=O) groups excluding carboxylic acids is 2. The molecule has 1 aromatic carbocycles. The Morgan fingerprint density at radius 1 is 1.28 bits per heavy atom. The first-order chi connectivity index (χ1) is 15.3. The summed E-state index contributed by atoms with van der Waals surface area (Å²) in [6, 6.07) is 7.51. The van der Waals surface area contributed by atoms with Gasteiger partial charge in [-0.15, -0.1) is 0 Å². The standard InChI is InChI=1S/C20H17Cl2N5O5/c1-2-31-20(30)24-19(29)16(9-23)26-25-11-7-14(21)18(15(22)8-11)32-13-5-6-17(28)27(10-13)12-3-4-12/h5-8,10,12,25H,2-4H2,1H3,(H,24,29,30)/b26-16+. The molecule has 1 saturated carbocycles. The number of hydrogen-bond acceptors (Lipinski definition) is 8. The zero-order chi connectivity index (χ0) is 23.3. The number of imide groups is 1. The first-order valence-corrected chi connectivity index (χ1v) is 10.2. The lowest BCUT2D eigenvalue weighted by Crippen LogP contribution is -2.36. The summed E-state index contributed by atoms with van der Waals surface area (Å²) in [7, 11) is 0. The van der Waals surface area contributed by atoms with Crippen LogP contribution in [-0.4, -0.2) is 28.9 Å². The molecule has 1 fully saturated rings. The predicted molar refractivity (Wildman–Crippen MR) is 117 cm³/mol. The molecule has 2 amide bonds. The highest BCUT2D eigenvalue weighted by atomic mass is 35.5. The molecule has 1 aliphatic rings. The maximum Gasteiger partial charge on any atom is 0.414 e. The number of aromatic nitrogens is 1. The number of nitriles is 1. The van der Waals surface area contributed by atoms with E-state index in [1.54, 1.807) is 23.8 Å². The van der Waals surface area contributed by atoms with Crippen LogP contribution in [0.15, 0.2) is 40.4 Å². The molecule has 0 radical (unpaired) electrons. The lowest BCUT2D eigenvalue weighted by atomic mass is 10.3. The Morgan fingerprint density at radius 2 is 1.97 bits per heavy atom. The second kappa shape index (κ2) is 10.2. The third-order valence-electron chi connectivity index (χ3n) is 4.18. The van der Waals surface area contributed by atoms with E-state index in [0.717, 1.165) is 12.8 Å². The predicted octanol–water partition coefficient (Wildman–Crippen LogP) is 3.85. The topological polar surface area (TPSA) is 135 Å². The molecular weight excluding hydrogens is 461 g/mol. The van der Waals surface area contributed by atoms with Gasteiger partial charge in [0.15, 0.2) is 5.75 Å². The lowest BCUT2D eigenvalue weighted by Gasteiger charge is -2.13. The highest BCUT2D eigenvalue weighted by molar-refractivity contribution is 6.47. The molecule has 1 aliphatic carbocycles. The van der Waals surface area contributed by atoms with Crippen LogP contribution in [0.3, 0.4) is 0 Å². The van der Waals surface area contributed by atoms with Crippen LogP contribution in [0.1, 0.15) is 25.8 Å². The summed E-state index contributed by atoms with van der Waals surface area (Å²) in [5, 5.41) is 14.8. The number of hydrazone groups is 1. The van der Waals surface area contributed by atoms with Gasteiger partial charge in [-0.3, -0.25) is 20.3 Å². The van der Waals surface area contributed by atoms with E-state index in [1.165, 1.54) is 24.3 Å². The summed E-state index contributed by atoms with van der Waals surface area (Å²) in [4.78, 5) is 35.1. The van der Waals surface area contributed by atoms with Gasteiger partial charge in [0.05, 0.1) is 28.5 Å². The van der Waals surface area contributed by atoms with Crippen molar-refractivity contribution in [3.8, 4) is 17.6 Å². The first-order valence-electron chi connectivity index (χ1n) is 9.43. The quantitative estimate of drug-likeness (QED) is 0.456. The van der Waals surface area contributed by atoms with Crippen LogP contribution >= 0.6 is 23.2 Å². The molecule has 2 N–H and O–H groups in total. The molecule has 1 aromatic heterocycles. The normalized spacial score (nSPS) is 13.1. The minimum atomic E-state index is -1.04. The average Bonchev–Trinajstić information content (AvgIpc) is 3.57. The van der Waals surface area contributed by atoms with E-state index in [4.69, 9.17) is 33.2 Å². The fourth-order valence-electron chi connectivity index (χ4n) is 2.59. The number of anilines is 1. The molecule has 0 atom stereocenters. The fraction of sp³-hybridized carbons (Fsp3) is 0.250. The minimum absolute atomic E-state index is 0.0590. The summed E-state index contributed by atoms with van der Waals surface area (Å²) in [6.45, 7) is 1.62. The lowest BCUT2D eigenvalue weighted by molar-refractivity contribution is -0.114. The number of alkyl carbamates (subject to hydrolysis) is 1. The zero-order valence-corrected chi connectivity index (χ0v) is 18.2. The molecule has 166 valence electrons. The van der Waals surface area contributed by atoms with Crippen molar-refractivity contribution in [3.05, 3.63) is 50.9 Å². The highest BCUT2D eigenvalue weighted by Crippen LogP contribution is 2.39. The summed E-state index contributed by atoms with van der Waals surface area (Å²) in [6.07, 6.45) is 2.48. The van der Waals surface area contributed by atoms with Gasteiger partial charge in [-0.2, -0.15) is 10.4 Å². The molecule has 0 unspecified atom stereocenters. The molecule has 0 spiro atoms. The molecule has 2 aromatic rings. The van der Waals surface area contributed by atoms with Crippen molar-refractivity contribution in [3.63, 3.8) is 0 Å². The molecule has 10 nitrogen and oxygen atoms in total. The van der Waals surface area contributed by atoms with E-state index in [2.05, 4.69) is 15.3 Å². The number of halogens is 2. The molecular formula is C20H17Cl2N5O5. The maximum atomic E-state index is 11.9. The van der Waals surface area contributed by atoms with Gasteiger partial charge in [-0.1, -0.05) is 23.2 Å². The summed E-state index contributed by atoms with van der Waals surface area (Å²) < 4.78 is 11.9. The maximum absolute atomic E-state index is 11.9. The number of nitrogens with zero attached hydrogens (tertiary/aromatic N) is 3. The Bertz CT molecular complexity index is 1160. The molecule has 0 aliphatic heterocycles. The van der Waals surface area contributed by atoms with Crippen LogP contribution in [0.2, 0.25) is 10.0 Å². The monoisotopic (exact) mass is 477 g/mol. The smallest absolute Gasteiger partial charge is 0.414 e. The van der Waals surface area contributed by atoms with Crippen LogP contribution in [0, 0.1) is 11.3 Å². The van der Waals surface area contributed by atoms with Crippen molar-refractivity contribution in [2.24, 2.45) is 5.10 Å². The van der Waals surface area contributed by atoms with Gasteiger partial charge in [0.1, 0.15) is 11.8 Å². The largest absolute Gasteiger partial charge is 0.453 e. The van der Waals surface area contributed by atoms with Crippen molar-refractivity contribution in [2.45, 2.75) is 25.8 Å². The van der Waals surface area contributed by atoms with Gasteiger partial charge in [0.2, 0.25) is 5.71 Å². The number of ether oxygens (including phenoxy) is 2. The number of benzene rings is 1. The molecule has 32 heavy (non-hydrogen) atoms. The van der Waals surface area contributed by atoms with Crippen molar-refractivity contribution in [1.82, 2.24) is 9.88 Å². The van der Waals surface area contributed by atoms with Gasteiger partial charge in [0, 0.05) is 12.1 Å². The SMILES string of the molecule is CCOC(=O)NC(=O)/C(C#N)=N/Nc1cc(Cl)c(Oc2ccc(=O)n(C3CC3)c2)c(Cl)c1. The Labute approximate surface area is 192 Å². The van der Waals surface area contributed by atoms with Crippen LogP contribution in [0.4, 0.5) is 10.5 Å². The second-order valence-corrected chi connectivity index (χ2v) is 7.39. The van der Waals surface area contributed by atoms with Crippen molar-refractivity contribution < 1.29 is 19.1 Å². The third kappa shape index (κ3) is 5.78. The van der Waals surface area contributed by atoms with E-state index in [9.17, 15) is 14.4 Å². The minimum Gasteiger partial charge on any atom is -0.453 e. The van der Waals surface area contributed by atoms with E-state index in [-0.39, 0.29) is 39.7 Å². The second-order valence-electron chi connectivity index (χ2n) is 6.57. The number of rotatable bonds is 7. The Balaban J connectivity index is 1.74. The Kier molecular flexibility index (Phi) is 7.35. The molecule has 0 saturated heterocycles. The number of amides is 2. The van der Waals surface area contributed by atoms with Crippen molar-refractivity contribution in [2.75, 3.05) is 12.0 Å². The summed E-state index contributed by atoms with van der Waals surface area (Å²) in [5.41, 5.74) is 2.00. The molecule has 1 heterocycles. The molecule has 12 heteroatoms. The Morgan fingerprint density at radius 3 is 2.56 bits per heavy atom. The third-order valence-corrected chi connectivity index (χ3v) is 4.74. The Hall–Kier alpha value is -3.55. The first kappa shape index (κ1) is 23.1. The highest BCUT2D eigenvalue weighted by Gasteiger charge is 2.24. The van der Waals surface area contributed by atoms with Crippen LogP contribution < -0.4 is 21.0 Å². The van der Waals surface area contributed by atoms with E-state index in [0.29, 0.717) is 5.75 Å². The van der Waals surface area contributed by atoms with Crippen LogP contribution in [-0.2, 0) is 9.53 Å². The number of nitrogens with one attached hydrogen (secondary N) is 2. The molecule has 0 bridgehead atoms. The van der Waals surface area contributed by atoms with E-state index < -0.39 is 17.7 Å². The fourth-order valence-corrected chi connectivity index (χ4v) is 3.15. The molecule has 3 rings (SSSR count). The van der Waals surface area contributed by atoms with Crippen LogP contribution in [0.25, 0.3) is 0 Å². The van der Waals surface area contributed by atoms with E-state index in [1.807, 2.05) is 5.32 Å². The van der Waals surface area contributed by atoms with Gasteiger partial charge in [-0.25, -0.2) is 4.79 Å². The van der Waals surface area contributed by atoms with Crippen molar-refractivity contribution in [1.29, 1.82) is 5.26 Å². The van der Waals surface area contributed by atoms with Gasteiger partial charge in [-0.05, 0) is 38.0 Å². The average molecular weight is 478 g/mol. The van der Waals surface area contributed by atoms with Gasteiger partial charge in [0.25, 0.3) is 11.5 Å². The number of hydrogen-bond donors (Lipinski definition) is 2. The summed E-state index contributed by atoms with van der Waals surface area (Å²) in [5.74, 6) is -0.493. The summed E-state index contributed by atoms with van der Waals surface area (Å²) >= 11 is 12.5. The van der Waals surface area contributed by atoms with Crippen molar-refractivity contribution >= 4 is 46.6 Å². The number of pyridine rings is 1. The van der Waals surface area contributed by atoms with E-state index >= 15 is 0 Å². The van der Waals surface area contributed by atoms with Gasteiger partial charge >= 0.3 is 6.09 Å². The zero-order valence-electron chi connectivity index (χ0n) is 16.7.